The van der Waals surface area contributed by atoms with E-state index in [1.165, 1.54) is 16.8 Å². The second-order valence-electron chi connectivity index (χ2n) is 7.47. The number of hydrogen-bond donors (Lipinski definition) is 1. The van der Waals surface area contributed by atoms with Crippen molar-refractivity contribution >= 4 is 11.6 Å². The first-order valence-corrected chi connectivity index (χ1v) is 10.0. The first-order chi connectivity index (χ1) is 14.5. The van der Waals surface area contributed by atoms with Crippen LogP contribution in [-0.4, -0.2) is 58.8 Å². The van der Waals surface area contributed by atoms with Gasteiger partial charge in [-0.1, -0.05) is 18.2 Å². The highest BCUT2D eigenvalue weighted by molar-refractivity contribution is 5.90. The van der Waals surface area contributed by atoms with E-state index in [9.17, 15) is 9.18 Å². The van der Waals surface area contributed by atoms with Crippen LogP contribution in [0.15, 0.2) is 48.5 Å². The molecule has 30 heavy (non-hydrogen) atoms. The van der Waals surface area contributed by atoms with Gasteiger partial charge in [0.1, 0.15) is 11.6 Å². The predicted molar refractivity (Wildman–Crippen MR) is 113 cm³/mol. The number of nitrogens with one attached hydrogen (secondary N) is 1. The van der Waals surface area contributed by atoms with Crippen LogP contribution in [0.1, 0.15) is 22.0 Å². The van der Waals surface area contributed by atoms with E-state index in [1.54, 1.807) is 19.1 Å². The maximum Gasteiger partial charge on any atom is 0.291 e. The van der Waals surface area contributed by atoms with Crippen molar-refractivity contribution in [3.05, 3.63) is 71.6 Å². The molecule has 0 radical (unpaired) electrons. The number of para-hydroxylation sites is 1. The van der Waals surface area contributed by atoms with Crippen molar-refractivity contribution < 1.29 is 9.18 Å². The Morgan fingerprint density at radius 2 is 1.77 bits per heavy atom. The van der Waals surface area contributed by atoms with E-state index >= 15 is 0 Å². The molecule has 1 aliphatic rings. The number of hydrogen-bond acceptors (Lipinski definition) is 5. The van der Waals surface area contributed by atoms with Crippen molar-refractivity contribution in [3.63, 3.8) is 0 Å². The zero-order valence-electron chi connectivity index (χ0n) is 17.2. The molecule has 0 saturated carbocycles. The molecule has 2 heterocycles. The van der Waals surface area contributed by atoms with Crippen LogP contribution in [-0.2, 0) is 6.54 Å². The third-order valence-corrected chi connectivity index (χ3v) is 5.32. The van der Waals surface area contributed by atoms with E-state index < -0.39 is 0 Å². The Balaban J connectivity index is 1.46. The van der Waals surface area contributed by atoms with Crippen molar-refractivity contribution in [1.82, 2.24) is 25.0 Å². The number of aromatic nitrogens is 3. The molecule has 0 atom stereocenters. The summed E-state index contributed by atoms with van der Waals surface area (Å²) in [5.74, 6) is -0.0147. The van der Waals surface area contributed by atoms with Gasteiger partial charge in [0.2, 0.25) is 5.82 Å². The smallest absolute Gasteiger partial charge is 0.291 e. The van der Waals surface area contributed by atoms with Crippen LogP contribution in [0.25, 0.3) is 5.69 Å². The molecule has 2 aromatic carbocycles. The van der Waals surface area contributed by atoms with Crippen molar-refractivity contribution in [2.75, 3.05) is 38.1 Å². The number of aryl methyl sites for hydroxylation is 1. The normalized spacial score (nSPS) is 14.7. The van der Waals surface area contributed by atoms with Gasteiger partial charge < -0.3 is 15.1 Å². The number of amides is 1. The first kappa shape index (κ1) is 20.0. The number of carbonyl (C=O) groups is 1. The lowest BCUT2D eigenvalue weighted by Gasteiger charge is -2.35. The van der Waals surface area contributed by atoms with E-state index in [2.05, 4.69) is 38.3 Å². The molecule has 1 N–H and O–H groups in total. The Labute approximate surface area is 175 Å². The molecule has 8 heteroatoms. The highest BCUT2D eigenvalue weighted by atomic mass is 19.1. The molecule has 1 fully saturated rings. The molecule has 0 unspecified atom stereocenters. The van der Waals surface area contributed by atoms with Gasteiger partial charge in [-0.05, 0) is 49.9 Å². The summed E-state index contributed by atoms with van der Waals surface area (Å²) in [4.78, 5) is 21.6. The molecule has 0 aliphatic carbocycles. The third-order valence-electron chi connectivity index (χ3n) is 5.32. The van der Waals surface area contributed by atoms with Gasteiger partial charge in [-0.15, -0.1) is 5.10 Å². The number of rotatable bonds is 5. The van der Waals surface area contributed by atoms with Gasteiger partial charge in [-0.2, -0.15) is 0 Å². The molecule has 1 saturated heterocycles. The topological polar surface area (TPSA) is 66.3 Å². The summed E-state index contributed by atoms with van der Waals surface area (Å²) in [7, 11) is 2.13. The molecule has 1 amide bonds. The fraction of sp³-hybridized carbons (Fsp3) is 0.318. The number of benzene rings is 2. The Kier molecular flexibility index (Phi) is 5.76. The summed E-state index contributed by atoms with van der Waals surface area (Å²) in [5, 5.41) is 7.23. The van der Waals surface area contributed by atoms with Crippen LogP contribution in [0.4, 0.5) is 10.1 Å². The monoisotopic (exact) mass is 408 g/mol. The lowest BCUT2D eigenvalue weighted by atomic mass is 10.1. The second kappa shape index (κ2) is 8.62. The lowest BCUT2D eigenvalue weighted by molar-refractivity contribution is 0.0940. The maximum atomic E-state index is 13.2. The fourth-order valence-corrected chi connectivity index (χ4v) is 3.58. The van der Waals surface area contributed by atoms with E-state index in [0.717, 1.165) is 37.4 Å². The number of piperazine rings is 1. The molecule has 7 nitrogen and oxygen atoms in total. The maximum absolute atomic E-state index is 13.2. The summed E-state index contributed by atoms with van der Waals surface area (Å²) in [5.41, 5.74) is 2.86. The fourth-order valence-electron chi connectivity index (χ4n) is 3.58. The second-order valence-corrected chi connectivity index (χ2v) is 7.47. The van der Waals surface area contributed by atoms with Crippen LogP contribution in [0, 0.1) is 12.7 Å². The molecule has 4 rings (SSSR count). The quantitative estimate of drug-likeness (QED) is 0.702. The molecule has 1 aliphatic heterocycles. The predicted octanol–water partition coefficient (Wildman–Crippen LogP) is 2.40. The van der Waals surface area contributed by atoms with Gasteiger partial charge in [0.25, 0.3) is 5.91 Å². The number of anilines is 1. The van der Waals surface area contributed by atoms with Crippen LogP contribution < -0.4 is 10.2 Å². The molecular weight excluding hydrogens is 383 g/mol. The molecule has 0 bridgehead atoms. The number of carbonyl (C=O) groups excluding carboxylic acids is 1. The van der Waals surface area contributed by atoms with Gasteiger partial charge in [0, 0.05) is 38.4 Å². The van der Waals surface area contributed by atoms with E-state index in [4.69, 9.17) is 0 Å². The lowest BCUT2D eigenvalue weighted by Crippen LogP contribution is -2.45. The van der Waals surface area contributed by atoms with Gasteiger partial charge >= 0.3 is 0 Å². The van der Waals surface area contributed by atoms with E-state index in [-0.39, 0.29) is 17.5 Å². The Morgan fingerprint density at radius 1 is 1.07 bits per heavy atom. The largest absolute Gasteiger partial charge is 0.369 e. The van der Waals surface area contributed by atoms with Crippen molar-refractivity contribution in [2.24, 2.45) is 0 Å². The minimum absolute atomic E-state index is 0.0916. The van der Waals surface area contributed by atoms with Crippen LogP contribution in [0.3, 0.4) is 0 Å². The SMILES string of the molecule is Cc1nc(C(=O)NCc2ccccc2N2CCN(C)CC2)nn1-c1ccc(F)cc1. The Morgan fingerprint density at radius 3 is 2.50 bits per heavy atom. The van der Waals surface area contributed by atoms with Crippen molar-refractivity contribution in [3.8, 4) is 5.69 Å². The minimum Gasteiger partial charge on any atom is -0.369 e. The summed E-state index contributed by atoms with van der Waals surface area (Å²) in [6.07, 6.45) is 0. The Bertz CT molecular complexity index is 1020. The Hall–Kier alpha value is -3.26. The first-order valence-electron chi connectivity index (χ1n) is 10.0. The summed E-state index contributed by atoms with van der Waals surface area (Å²) < 4.78 is 14.7. The standard InChI is InChI=1S/C22H25FN6O/c1-16-25-21(26-29(16)19-9-7-18(23)8-10-19)22(30)24-15-17-5-3-4-6-20(17)28-13-11-27(2)12-14-28/h3-10H,11-15H2,1-2H3,(H,24,30). The highest BCUT2D eigenvalue weighted by Crippen LogP contribution is 2.21. The highest BCUT2D eigenvalue weighted by Gasteiger charge is 2.19. The van der Waals surface area contributed by atoms with E-state index in [0.29, 0.717) is 18.1 Å². The van der Waals surface area contributed by atoms with Crippen LogP contribution in [0.5, 0.6) is 0 Å². The zero-order valence-corrected chi connectivity index (χ0v) is 17.2. The average Bonchev–Trinajstić information content (AvgIpc) is 3.15. The zero-order chi connectivity index (χ0) is 21.1. The van der Waals surface area contributed by atoms with Crippen molar-refractivity contribution in [1.29, 1.82) is 0 Å². The van der Waals surface area contributed by atoms with Crippen molar-refractivity contribution in [2.45, 2.75) is 13.5 Å². The third kappa shape index (κ3) is 4.33. The molecule has 1 aromatic heterocycles. The molecule has 3 aromatic rings. The summed E-state index contributed by atoms with van der Waals surface area (Å²) in [6, 6.07) is 14.0. The molecule has 156 valence electrons. The summed E-state index contributed by atoms with van der Waals surface area (Å²) >= 11 is 0. The van der Waals surface area contributed by atoms with Crippen LogP contribution in [0.2, 0.25) is 0 Å². The van der Waals surface area contributed by atoms with Gasteiger partial charge in [-0.3, -0.25) is 4.79 Å². The molecule has 0 spiro atoms. The van der Waals surface area contributed by atoms with Gasteiger partial charge in [0.15, 0.2) is 0 Å². The van der Waals surface area contributed by atoms with E-state index in [1.807, 2.05) is 18.2 Å². The minimum atomic E-state index is -0.341. The van der Waals surface area contributed by atoms with Gasteiger partial charge in [0.05, 0.1) is 5.69 Å². The van der Waals surface area contributed by atoms with Gasteiger partial charge in [-0.25, -0.2) is 14.1 Å². The number of likely N-dealkylation sites (N-methyl/N-ethyl adjacent to an activating group) is 1. The summed E-state index contributed by atoms with van der Waals surface area (Å²) in [6.45, 7) is 6.12. The number of halogens is 1. The number of nitrogens with zero attached hydrogens (tertiary/aromatic N) is 5. The molecular formula is C22H25FN6O. The average molecular weight is 408 g/mol. The van der Waals surface area contributed by atoms with Crippen LogP contribution >= 0.6 is 0 Å².